The Morgan fingerprint density at radius 2 is 2.47 bits per heavy atom. The van der Waals surface area contributed by atoms with Crippen LogP contribution in [0.1, 0.15) is 30.1 Å². The zero-order valence-electron chi connectivity index (χ0n) is 9.65. The number of nitrogens with one attached hydrogen (secondary N) is 1. The van der Waals surface area contributed by atoms with Gasteiger partial charge >= 0.3 is 0 Å². The number of carbonyl (C=O) groups excluding carboxylic acids is 1. The molecule has 1 aliphatic heterocycles. The number of pyridine rings is 1. The Morgan fingerprint density at radius 3 is 3.18 bits per heavy atom. The highest BCUT2D eigenvalue weighted by molar-refractivity contribution is 5.94. The molecule has 5 heteroatoms. The van der Waals surface area contributed by atoms with Gasteiger partial charge < -0.3 is 10.1 Å². The van der Waals surface area contributed by atoms with Crippen LogP contribution in [0, 0.1) is 5.82 Å². The van der Waals surface area contributed by atoms with Gasteiger partial charge in [0.1, 0.15) is 0 Å². The molecule has 17 heavy (non-hydrogen) atoms. The Bertz CT molecular complexity index is 411. The summed E-state index contributed by atoms with van der Waals surface area (Å²) in [5.74, 6) is -0.978. The van der Waals surface area contributed by atoms with Crippen LogP contribution in [0.4, 0.5) is 4.39 Å². The molecule has 92 valence electrons. The van der Waals surface area contributed by atoms with Crippen LogP contribution in [0.3, 0.4) is 0 Å². The SMILES string of the molecule is CC1CC(NC(=O)c2ccncc2F)CCO1. The van der Waals surface area contributed by atoms with Crippen molar-refractivity contribution in [1.29, 1.82) is 0 Å². The van der Waals surface area contributed by atoms with Gasteiger partial charge in [0.15, 0.2) is 5.82 Å². The molecule has 0 spiro atoms. The number of carbonyl (C=O) groups is 1. The molecule has 0 aliphatic carbocycles. The van der Waals surface area contributed by atoms with Crippen LogP contribution in [0.15, 0.2) is 18.5 Å². The van der Waals surface area contributed by atoms with Crippen LogP contribution in [0.5, 0.6) is 0 Å². The van der Waals surface area contributed by atoms with Gasteiger partial charge in [-0.3, -0.25) is 9.78 Å². The summed E-state index contributed by atoms with van der Waals surface area (Å²) in [5.41, 5.74) is 0.0409. The Balaban J connectivity index is 1.99. The molecular formula is C12H15FN2O2. The lowest BCUT2D eigenvalue weighted by molar-refractivity contribution is 0.0136. The van der Waals surface area contributed by atoms with Gasteiger partial charge in [-0.05, 0) is 25.8 Å². The second-order valence-electron chi connectivity index (χ2n) is 4.23. The summed E-state index contributed by atoms with van der Waals surface area (Å²) in [4.78, 5) is 15.4. The minimum absolute atomic E-state index is 0.0409. The molecule has 0 aromatic carbocycles. The number of halogens is 1. The largest absolute Gasteiger partial charge is 0.378 e. The third kappa shape index (κ3) is 3.00. The number of hydrogen-bond donors (Lipinski definition) is 1. The first-order chi connectivity index (χ1) is 8.16. The Hall–Kier alpha value is -1.49. The Morgan fingerprint density at radius 1 is 1.65 bits per heavy atom. The maximum Gasteiger partial charge on any atom is 0.254 e. The van der Waals surface area contributed by atoms with Gasteiger partial charge in [-0.15, -0.1) is 0 Å². The lowest BCUT2D eigenvalue weighted by Gasteiger charge is -2.27. The molecule has 1 aromatic rings. The van der Waals surface area contributed by atoms with E-state index in [2.05, 4.69) is 10.3 Å². The number of aromatic nitrogens is 1. The Labute approximate surface area is 99.2 Å². The second kappa shape index (κ2) is 5.23. The lowest BCUT2D eigenvalue weighted by Crippen LogP contribution is -2.41. The average Bonchev–Trinajstić information content (AvgIpc) is 2.29. The van der Waals surface area contributed by atoms with E-state index in [-0.39, 0.29) is 23.6 Å². The normalized spacial score (nSPS) is 24.4. The fourth-order valence-electron chi connectivity index (χ4n) is 1.95. The summed E-state index contributed by atoms with van der Waals surface area (Å²) in [5, 5.41) is 2.82. The van der Waals surface area contributed by atoms with E-state index in [1.54, 1.807) is 0 Å². The van der Waals surface area contributed by atoms with E-state index >= 15 is 0 Å². The van der Waals surface area contributed by atoms with E-state index in [4.69, 9.17) is 4.74 Å². The average molecular weight is 238 g/mol. The second-order valence-corrected chi connectivity index (χ2v) is 4.23. The molecule has 0 saturated carbocycles. The third-order valence-corrected chi connectivity index (χ3v) is 2.84. The van der Waals surface area contributed by atoms with Crippen LogP contribution in [-0.4, -0.2) is 29.6 Å². The summed E-state index contributed by atoms with van der Waals surface area (Å²) in [6.45, 7) is 2.59. The minimum atomic E-state index is -0.592. The molecule has 4 nitrogen and oxygen atoms in total. The number of rotatable bonds is 2. The van der Waals surface area contributed by atoms with Crippen LogP contribution in [0.2, 0.25) is 0 Å². The van der Waals surface area contributed by atoms with Crippen molar-refractivity contribution in [2.45, 2.75) is 31.9 Å². The standard InChI is InChI=1S/C12H15FN2O2/c1-8-6-9(3-5-17-8)15-12(16)10-2-4-14-7-11(10)13/h2,4,7-9H,3,5-6H2,1H3,(H,15,16). The van der Waals surface area contributed by atoms with Crippen molar-refractivity contribution in [1.82, 2.24) is 10.3 Å². The van der Waals surface area contributed by atoms with Crippen LogP contribution >= 0.6 is 0 Å². The number of amides is 1. The van der Waals surface area contributed by atoms with Gasteiger partial charge in [-0.25, -0.2) is 4.39 Å². The monoisotopic (exact) mass is 238 g/mol. The van der Waals surface area contributed by atoms with Crippen molar-refractivity contribution < 1.29 is 13.9 Å². The highest BCUT2D eigenvalue weighted by Crippen LogP contribution is 2.14. The predicted molar refractivity (Wildman–Crippen MR) is 60.1 cm³/mol. The maximum absolute atomic E-state index is 13.3. The van der Waals surface area contributed by atoms with Crippen molar-refractivity contribution in [2.75, 3.05) is 6.61 Å². The van der Waals surface area contributed by atoms with Gasteiger partial charge in [-0.2, -0.15) is 0 Å². The van der Waals surface area contributed by atoms with E-state index in [1.165, 1.54) is 12.3 Å². The highest BCUT2D eigenvalue weighted by Gasteiger charge is 2.22. The molecule has 2 rings (SSSR count). The maximum atomic E-state index is 13.3. The van der Waals surface area contributed by atoms with Crippen molar-refractivity contribution in [3.63, 3.8) is 0 Å². The first-order valence-electron chi connectivity index (χ1n) is 5.69. The first kappa shape index (κ1) is 12.0. The van der Waals surface area contributed by atoms with Crippen LogP contribution in [0.25, 0.3) is 0 Å². The summed E-state index contributed by atoms with van der Waals surface area (Å²) in [6.07, 6.45) is 4.12. The fourth-order valence-corrected chi connectivity index (χ4v) is 1.95. The summed E-state index contributed by atoms with van der Waals surface area (Å²) in [7, 11) is 0. The van der Waals surface area contributed by atoms with Gasteiger partial charge in [0.25, 0.3) is 5.91 Å². The van der Waals surface area contributed by atoms with Crippen molar-refractivity contribution in [3.05, 3.63) is 29.8 Å². The molecule has 1 N–H and O–H groups in total. The van der Waals surface area contributed by atoms with Gasteiger partial charge in [0.2, 0.25) is 0 Å². The quantitative estimate of drug-likeness (QED) is 0.849. The first-order valence-corrected chi connectivity index (χ1v) is 5.69. The molecule has 0 radical (unpaired) electrons. The minimum Gasteiger partial charge on any atom is -0.378 e. The molecule has 1 saturated heterocycles. The summed E-state index contributed by atoms with van der Waals surface area (Å²) >= 11 is 0. The fraction of sp³-hybridized carbons (Fsp3) is 0.500. The number of hydrogen-bond acceptors (Lipinski definition) is 3. The molecule has 1 aromatic heterocycles. The third-order valence-electron chi connectivity index (χ3n) is 2.84. The van der Waals surface area contributed by atoms with Gasteiger partial charge in [0.05, 0.1) is 17.9 Å². The van der Waals surface area contributed by atoms with E-state index in [0.29, 0.717) is 6.61 Å². The van der Waals surface area contributed by atoms with E-state index in [1.807, 2.05) is 6.92 Å². The van der Waals surface area contributed by atoms with Crippen LogP contribution < -0.4 is 5.32 Å². The van der Waals surface area contributed by atoms with E-state index in [9.17, 15) is 9.18 Å². The molecule has 1 aliphatic rings. The van der Waals surface area contributed by atoms with Crippen molar-refractivity contribution >= 4 is 5.91 Å². The smallest absolute Gasteiger partial charge is 0.254 e. The molecule has 2 unspecified atom stereocenters. The number of ether oxygens (including phenoxy) is 1. The number of nitrogens with zero attached hydrogens (tertiary/aromatic N) is 1. The van der Waals surface area contributed by atoms with Crippen molar-refractivity contribution in [2.24, 2.45) is 0 Å². The summed E-state index contributed by atoms with van der Waals surface area (Å²) in [6, 6.07) is 1.44. The molecule has 2 atom stereocenters. The van der Waals surface area contributed by atoms with Crippen molar-refractivity contribution in [3.8, 4) is 0 Å². The molecule has 0 bridgehead atoms. The van der Waals surface area contributed by atoms with Gasteiger partial charge in [0, 0.05) is 18.8 Å². The molecule has 1 amide bonds. The zero-order valence-corrected chi connectivity index (χ0v) is 9.65. The topological polar surface area (TPSA) is 51.2 Å². The molecular weight excluding hydrogens is 223 g/mol. The Kier molecular flexibility index (Phi) is 3.68. The lowest BCUT2D eigenvalue weighted by atomic mass is 10.0. The molecule has 2 heterocycles. The summed E-state index contributed by atoms with van der Waals surface area (Å²) < 4.78 is 18.7. The zero-order chi connectivity index (χ0) is 12.3. The van der Waals surface area contributed by atoms with E-state index in [0.717, 1.165) is 19.0 Å². The highest BCUT2D eigenvalue weighted by atomic mass is 19.1. The van der Waals surface area contributed by atoms with Gasteiger partial charge in [-0.1, -0.05) is 0 Å². The van der Waals surface area contributed by atoms with E-state index < -0.39 is 5.82 Å². The molecule has 1 fully saturated rings. The van der Waals surface area contributed by atoms with Crippen LogP contribution in [-0.2, 0) is 4.74 Å². The predicted octanol–water partition coefficient (Wildman–Crippen LogP) is 1.52.